The van der Waals surface area contributed by atoms with Gasteiger partial charge in [-0.2, -0.15) is 0 Å². The van der Waals surface area contributed by atoms with E-state index in [1.807, 2.05) is 43.9 Å². The molecule has 0 bridgehead atoms. The number of carbonyl (C=O) groups excluding carboxylic acids is 1. The first-order valence-corrected chi connectivity index (χ1v) is 12.8. The van der Waals surface area contributed by atoms with Gasteiger partial charge in [-0.1, -0.05) is 60.1 Å². The summed E-state index contributed by atoms with van der Waals surface area (Å²) < 4.78 is 5.57. The minimum atomic E-state index is -0.485. The quantitative estimate of drug-likeness (QED) is 0.603. The first-order valence-electron chi connectivity index (χ1n) is 12.5. The van der Waals surface area contributed by atoms with E-state index in [0.717, 1.165) is 35.9 Å². The van der Waals surface area contributed by atoms with Gasteiger partial charge in [0.25, 0.3) is 0 Å². The van der Waals surface area contributed by atoms with E-state index in [2.05, 4.69) is 69.9 Å². The summed E-state index contributed by atoms with van der Waals surface area (Å²) in [6.45, 7) is 9.37. The molecule has 1 amide bonds. The van der Waals surface area contributed by atoms with Gasteiger partial charge in [0.2, 0.25) is 0 Å². The highest BCUT2D eigenvalue weighted by Crippen LogP contribution is 2.34. The molecule has 5 rings (SSSR count). The van der Waals surface area contributed by atoms with Crippen LogP contribution in [0.15, 0.2) is 78.6 Å². The molecule has 1 fully saturated rings. The Balaban J connectivity index is 1.38. The molecule has 0 aromatic heterocycles. The lowest BCUT2D eigenvalue weighted by Crippen LogP contribution is -2.50. The lowest BCUT2D eigenvalue weighted by atomic mass is 10.0. The maximum atomic E-state index is 12.5. The number of halogens is 1. The summed E-state index contributed by atoms with van der Waals surface area (Å²) in [6.07, 6.45) is 6.46. The van der Waals surface area contributed by atoms with Crippen LogP contribution in [-0.2, 0) is 4.74 Å². The fourth-order valence-electron chi connectivity index (χ4n) is 4.74. The molecule has 3 heterocycles. The summed E-state index contributed by atoms with van der Waals surface area (Å²) in [5.41, 5.74) is 5.32. The Hall–Kier alpha value is -3.22. The molecule has 0 radical (unpaired) electrons. The molecule has 0 aliphatic carbocycles. The third-order valence-corrected chi connectivity index (χ3v) is 6.82. The number of nitrogens with one attached hydrogen (secondary N) is 1. The number of nitrogens with zero attached hydrogens (tertiary/aromatic N) is 3. The van der Waals surface area contributed by atoms with Crippen molar-refractivity contribution in [2.24, 2.45) is 0 Å². The molecular weight excluding hydrogens is 472 g/mol. The molecule has 1 N–H and O–H groups in total. The fourth-order valence-corrected chi connectivity index (χ4v) is 4.87. The Morgan fingerprint density at radius 3 is 2.36 bits per heavy atom. The van der Waals surface area contributed by atoms with E-state index in [4.69, 9.17) is 16.3 Å². The lowest BCUT2D eigenvalue weighted by Gasteiger charge is -2.37. The minimum absolute atomic E-state index is 0.0567. The van der Waals surface area contributed by atoms with E-state index in [0.29, 0.717) is 13.1 Å². The zero-order chi connectivity index (χ0) is 25.3. The van der Waals surface area contributed by atoms with Gasteiger partial charge in [0, 0.05) is 43.9 Å². The molecular formula is C29H33ClN4O2. The second-order valence-electron chi connectivity index (χ2n) is 10.4. The van der Waals surface area contributed by atoms with E-state index in [-0.39, 0.29) is 12.3 Å². The molecule has 2 aromatic rings. The third kappa shape index (κ3) is 5.45. The third-order valence-electron chi connectivity index (χ3n) is 6.57. The number of amides is 1. The lowest BCUT2D eigenvalue weighted by molar-refractivity contribution is 0.0149. The number of hydrogen-bond acceptors (Lipinski definition) is 5. The monoisotopic (exact) mass is 504 g/mol. The normalized spacial score (nSPS) is 20.2. The van der Waals surface area contributed by atoms with Gasteiger partial charge >= 0.3 is 6.09 Å². The van der Waals surface area contributed by atoms with Crippen LogP contribution in [0.3, 0.4) is 0 Å². The molecule has 0 spiro atoms. The van der Waals surface area contributed by atoms with Crippen LogP contribution in [0.1, 0.15) is 31.9 Å². The average molecular weight is 505 g/mol. The van der Waals surface area contributed by atoms with Gasteiger partial charge in [-0.15, -0.1) is 0 Å². The van der Waals surface area contributed by atoms with Crippen molar-refractivity contribution in [2.45, 2.75) is 32.5 Å². The topological polar surface area (TPSA) is 48.1 Å². The van der Waals surface area contributed by atoms with Crippen molar-refractivity contribution in [3.63, 3.8) is 0 Å². The first kappa shape index (κ1) is 24.5. The number of carbonyl (C=O) groups is 1. The molecule has 36 heavy (non-hydrogen) atoms. The zero-order valence-corrected chi connectivity index (χ0v) is 21.8. The Kier molecular flexibility index (Phi) is 6.82. The van der Waals surface area contributed by atoms with Gasteiger partial charge in [0.1, 0.15) is 11.8 Å². The molecule has 1 atom stereocenters. The Bertz CT molecular complexity index is 1190. The van der Waals surface area contributed by atoms with Crippen LogP contribution < -0.4 is 5.32 Å². The molecule has 2 aromatic carbocycles. The predicted octanol–water partition coefficient (Wildman–Crippen LogP) is 5.40. The Labute approximate surface area is 218 Å². The van der Waals surface area contributed by atoms with Gasteiger partial charge in [-0.25, -0.2) is 4.79 Å². The maximum absolute atomic E-state index is 12.5. The average Bonchev–Trinajstić information content (AvgIpc) is 3.22. The SMILES string of the molecule is CC(C)(C)OC(=O)N1CCN(CC2=C(c3ccc(Cl)cc3)NC3C=CC(c4ccccc4)=CN23)CC1. The summed E-state index contributed by atoms with van der Waals surface area (Å²) in [6, 6.07) is 18.4. The first-order chi connectivity index (χ1) is 17.3. The summed E-state index contributed by atoms with van der Waals surface area (Å²) in [5.74, 6) is 0. The zero-order valence-electron chi connectivity index (χ0n) is 21.1. The van der Waals surface area contributed by atoms with Crippen molar-refractivity contribution in [3.05, 3.63) is 94.8 Å². The van der Waals surface area contributed by atoms with Crippen LogP contribution >= 0.6 is 11.6 Å². The Morgan fingerprint density at radius 2 is 1.69 bits per heavy atom. The molecule has 6 nitrogen and oxygen atoms in total. The highest BCUT2D eigenvalue weighted by atomic mass is 35.5. The van der Waals surface area contributed by atoms with Gasteiger partial charge in [-0.3, -0.25) is 4.90 Å². The highest BCUT2D eigenvalue weighted by Gasteiger charge is 2.34. The van der Waals surface area contributed by atoms with E-state index in [9.17, 15) is 4.79 Å². The van der Waals surface area contributed by atoms with Crippen molar-refractivity contribution in [2.75, 3.05) is 32.7 Å². The Morgan fingerprint density at radius 1 is 1.00 bits per heavy atom. The summed E-state index contributed by atoms with van der Waals surface area (Å²) in [4.78, 5) is 19.1. The summed E-state index contributed by atoms with van der Waals surface area (Å²) >= 11 is 6.18. The largest absolute Gasteiger partial charge is 0.444 e. The molecule has 1 unspecified atom stereocenters. The van der Waals surface area contributed by atoms with Crippen molar-refractivity contribution in [3.8, 4) is 0 Å². The van der Waals surface area contributed by atoms with Crippen molar-refractivity contribution >= 4 is 29.0 Å². The molecule has 1 saturated heterocycles. The number of rotatable bonds is 4. The van der Waals surface area contributed by atoms with Gasteiger partial charge in [-0.05, 0) is 55.7 Å². The van der Waals surface area contributed by atoms with Gasteiger partial charge < -0.3 is 19.9 Å². The number of fused-ring (bicyclic) bond motifs is 1. The molecule has 3 aliphatic heterocycles. The standard InChI is InChI=1S/C29H33ClN4O2/c1-29(2,3)36-28(35)33-17-15-32(16-18-33)20-25-27(22-9-12-24(30)13-10-22)31-26-14-11-23(19-34(25)26)21-7-5-4-6-8-21/h4-14,19,26,31H,15-18,20H2,1-3H3. The second kappa shape index (κ2) is 10.0. The van der Waals surface area contributed by atoms with Gasteiger partial charge in [0.05, 0.1) is 11.4 Å². The number of allylic oxidation sites excluding steroid dienone is 2. The van der Waals surface area contributed by atoms with Crippen LogP contribution in [-0.4, -0.2) is 65.3 Å². The van der Waals surface area contributed by atoms with Crippen LogP contribution in [0.4, 0.5) is 4.79 Å². The molecule has 3 aliphatic rings. The van der Waals surface area contributed by atoms with Crippen LogP contribution in [0.5, 0.6) is 0 Å². The minimum Gasteiger partial charge on any atom is -0.444 e. The predicted molar refractivity (Wildman–Crippen MR) is 145 cm³/mol. The summed E-state index contributed by atoms with van der Waals surface area (Å²) in [5, 5.41) is 4.44. The van der Waals surface area contributed by atoms with E-state index in [1.54, 1.807) is 0 Å². The van der Waals surface area contributed by atoms with Crippen LogP contribution in [0.2, 0.25) is 5.02 Å². The highest BCUT2D eigenvalue weighted by molar-refractivity contribution is 6.30. The number of ether oxygens (including phenoxy) is 1. The second-order valence-corrected chi connectivity index (χ2v) is 10.8. The number of piperazine rings is 1. The smallest absolute Gasteiger partial charge is 0.410 e. The molecule has 188 valence electrons. The maximum Gasteiger partial charge on any atom is 0.410 e. The van der Waals surface area contributed by atoms with Crippen LogP contribution in [0, 0.1) is 0 Å². The van der Waals surface area contributed by atoms with Crippen molar-refractivity contribution < 1.29 is 9.53 Å². The van der Waals surface area contributed by atoms with E-state index in [1.165, 1.54) is 16.8 Å². The molecule has 7 heteroatoms. The van der Waals surface area contributed by atoms with Gasteiger partial charge in [0.15, 0.2) is 0 Å². The van der Waals surface area contributed by atoms with Crippen molar-refractivity contribution in [1.29, 1.82) is 0 Å². The number of hydrogen-bond donors (Lipinski definition) is 1. The number of benzene rings is 2. The van der Waals surface area contributed by atoms with E-state index >= 15 is 0 Å². The van der Waals surface area contributed by atoms with E-state index < -0.39 is 5.60 Å². The molecule has 0 saturated carbocycles. The van der Waals surface area contributed by atoms with Crippen molar-refractivity contribution in [1.82, 2.24) is 20.0 Å². The summed E-state index contributed by atoms with van der Waals surface area (Å²) in [7, 11) is 0. The van der Waals surface area contributed by atoms with Crippen LogP contribution in [0.25, 0.3) is 11.3 Å². The fraction of sp³-hybridized carbons (Fsp3) is 0.345.